The van der Waals surface area contributed by atoms with Crippen molar-refractivity contribution in [1.82, 2.24) is 15.5 Å². The zero-order valence-electron chi connectivity index (χ0n) is 25.5. The first-order valence-electron chi connectivity index (χ1n) is 15.1. The Morgan fingerprint density at radius 2 is 1.57 bits per heavy atom. The van der Waals surface area contributed by atoms with Crippen LogP contribution in [0.25, 0.3) is 0 Å². The number of nitrogens with one attached hydrogen (secondary N) is 2. The van der Waals surface area contributed by atoms with E-state index in [4.69, 9.17) is 4.74 Å². The Labute approximate surface area is 242 Å². The van der Waals surface area contributed by atoms with Gasteiger partial charge in [-0.25, -0.2) is 0 Å². The van der Waals surface area contributed by atoms with Crippen LogP contribution in [0.3, 0.4) is 0 Å². The number of nitrogens with zero attached hydrogens (tertiary/aromatic N) is 1. The van der Waals surface area contributed by atoms with Gasteiger partial charge in [-0.3, -0.25) is 14.5 Å². The molecular formula is C34H51N3O3. The molecule has 0 aromatic heterocycles. The first kappa shape index (κ1) is 31.7. The number of benzene rings is 2. The van der Waals surface area contributed by atoms with Crippen molar-refractivity contribution in [3.8, 4) is 5.75 Å². The van der Waals surface area contributed by atoms with Crippen molar-refractivity contribution >= 4 is 11.8 Å². The molecule has 1 fully saturated rings. The van der Waals surface area contributed by atoms with Gasteiger partial charge in [0.15, 0.2) is 0 Å². The highest BCUT2D eigenvalue weighted by molar-refractivity contribution is 5.90. The summed E-state index contributed by atoms with van der Waals surface area (Å²) in [6.07, 6.45) is 7.53. The van der Waals surface area contributed by atoms with E-state index in [0.717, 1.165) is 29.8 Å². The lowest BCUT2D eigenvalue weighted by molar-refractivity contribution is -0.133. The Bertz CT molecular complexity index is 1040. The average molecular weight is 550 g/mol. The highest BCUT2D eigenvalue weighted by Crippen LogP contribution is 2.25. The molecule has 0 saturated heterocycles. The molecule has 0 radical (unpaired) electrons. The molecule has 40 heavy (non-hydrogen) atoms. The summed E-state index contributed by atoms with van der Waals surface area (Å²) in [4.78, 5) is 29.4. The first-order valence-corrected chi connectivity index (χ1v) is 15.1. The molecule has 0 unspecified atom stereocenters. The summed E-state index contributed by atoms with van der Waals surface area (Å²) in [5.41, 5.74) is 1.68. The quantitative estimate of drug-likeness (QED) is 0.315. The average Bonchev–Trinajstić information content (AvgIpc) is 2.91. The van der Waals surface area contributed by atoms with Crippen LogP contribution in [0.5, 0.6) is 5.75 Å². The van der Waals surface area contributed by atoms with Gasteiger partial charge in [0.05, 0.1) is 6.04 Å². The van der Waals surface area contributed by atoms with E-state index in [2.05, 4.69) is 36.4 Å². The molecule has 1 aliphatic rings. The lowest BCUT2D eigenvalue weighted by atomic mass is 9.88. The Balaban J connectivity index is 1.70. The maximum Gasteiger partial charge on any atom is 0.243 e. The van der Waals surface area contributed by atoms with Gasteiger partial charge < -0.3 is 15.4 Å². The predicted molar refractivity (Wildman–Crippen MR) is 163 cm³/mol. The van der Waals surface area contributed by atoms with Gasteiger partial charge in [-0.1, -0.05) is 75.6 Å². The van der Waals surface area contributed by atoms with Crippen LogP contribution < -0.4 is 15.4 Å². The molecule has 3 rings (SSSR count). The van der Waals surface area contributed by atoms with Crippen molar-refractivity contribution < 1.29 is 14.3 Å². The lowest BCUT2D eigenvalue weighted by Crippen LogP contribution is -2.57. The highest BCUT2D eigenvalue weighted by atomic mass is 16.5. The Hall–Kier alpha value is -2.86. The molecule has 0 heterocycles. The summed E-state index contributed by atoms with van der Waals surface area (Å²) in [6, 6.07) is 16.9. The molecule has 1 saturated carbocycles. The Morgan fingerprint density at radius 3 is 2.17 bits per heavy atom. The molecule has 2 N–H and O–H groups in total. The van der Waals surface area contributed by atoms with E-state index in [0.29, 0.717) is 24.9 Å². The minimum absolute atomic E-state index is 0.0658. The first-order chi connectivity index (χ1) is 19.0. The fraction of sp³-hybridized carbons (Fsp3) is 0.588. The molecule has 0 bridgehead atoms. The summed E-state index contributed by atoms with van der Waals surface area (Å²) < 4.78 is 5.93. The summed E-state index contributed by atoms with van der Waals surface area (Å²) in [7, 11) is 2.07. The van der Waals surface area contributed by atoms with E-state index < -0.39 is 11.6 Å². The van der Waals surface area contributed by atoms with E-state index in [-0.39, 0.29) is 17.9 Å². The molecular weight excluding hydrogens is 498 g/mol. The number of amides is 2. The summed E-state index contributed by atoms with van der Waals surface area (Å²) in [5.74, 6) is 1.56. The molecule has 2 aromatic rings. The van der Waals surface area contributed by atoms with E-state index >= 15 is 0 Å². The second kappa shape index (κ2) is 15.2. The van der Waals surface area contributed by atoms with E-state index in [1.807, 2.05) is 75.4 Å². The van der Waals surface area contributed by atoms with Crippen LogP contribution in [0.15, 0.2) is 54.6 Å². The van der Waals surface area contributed by atoms with Gasteiger partial charge in [-0.15, -0.1) is 0 Å². The third kappa shape index (κ3) is 11.0. The molecule has 2 amide bonds. The lowest BCUT2D eigenvalue weighted by Gasteiger charge is -2.34. The van der Waals surface area contributed by atoms with Gasteiger partial charge in [0, 0.05) is 18.5 Å². The number of likely N-dealkylation sites (N-methyl/N-ethyl adjacent to an activating group) is 1. The van der Waals surface area contributed by atoms with Crippen molar-refractivity contribution in [3.63, 3.8) is 0 Å². The molecule has 0 spiro atoms. The highest BCUT2D eigenvalue weighted by Gasteiger charge is 2.31. The summed E-state index contributed by atoms with van der Waals surface area (Å²) in [5, 5.41) is 6.23. The van der Waals surface area contributed by atoms with Crippen molar-refractivity contribution in [2.45, 2.75) is 104 Å². The number of hydrogen-bond donors (Lipinski definition) is 2. The molecule has 220 valence electrons. The minimum atomic E-state index is -0.666. The molecule has 0 aliphatic heterocycles. The zero-order chi connectivity index (χ0) is 29.1. The smallest absolute Gasteiger partial charge is 0.243 e. The maximum absolute atomic E-state index is 13.8. The van der Waals surface area contributed by atoms with Crippen molar-refractivity contribution in [2.75, 3.05) is 13.6 Å². The normalized spacial score (nSPS) is 16.0. The zero-order valence-corrected chi connectivity index (χ0v) is 25.5. The van der Waals surface area contributed by atoms with Gasteiger partial charge in [0.1, 0.15) is 18.4 Å². The number of carbonyl (C=O) groups is 2. The molecule has 2 aromatic carbocycles. The van der Waals surface area contributed by atoms with E-state index in [1.165, 1.54) is 32.1 Å². The SMILES string of the molecule is CC(C)C[C@H](C(=O)N[C@@H](Cc1ccc(OCc2ccccc2)cc1)C(=O)NC(C)(C)C)N(C)CC1CCCCC1. The second-order valence-corrected chi connectivity index (χ2v) is 13.0. The maximum atomic E-state index is 13.8. The van der Waals surface area contributed by atoms with E-state index in [9.17, 15) is 9.59 Å². The number of ether oxygens (including phenoxy) is 1. The van der Waals surface area contributed by atoms with Crippen LogP contribution >= 0.6 is 0 Å². The molecule has 1 aliphatic carbocycles. The van der Waals surface area contributed by atoms with E-state index in [1.54, 1.807) is 0 Å². The van der Waals surface area contributed by atoms with Crippen molar-refractivity contribution in [3.05, 3.63) is 65.7 Å². The van der Waals surface area contributed by atoms with Crippen LogP contribution in [-0.2, 0) is 22.6 Å². The largest absolute Gasteiger partial charge is 0.489 e. The number of carbonyl (C=O) groups excluding carboxylic acids is 2. The fourth-order valence-corrected chi connectivity index (χ4v) is 5.47. The summed E-state index contributed by atoms with van der Waals surface area (Å²) in [6.45, 7) is 11.6. The van der Waals surface area contributed by atoms with Gasteiger partial charge in [0.25, 0.3) is 0 Å². The third-order valence-corrected chi connectivity index (χ3v) is 7.54. The minimum Gasteiger partial charge on any atom is -0.489 e. The molecule has 2 atom stereocenters. The van der Waals surface area contributed by atoms with Crippen LogP contribution in [0.4, 0.5) is 0 Å². The third-order valence-electron chi connectivity index (χ3n) is 7.54. The second-order valence-electron chi connectivity index (χ2n) is 13.0. The molecule has 6 nitrogen and oxygen atoms in total. The van der Waals surface area contributed by atoms with Crippen LogP contribution in [0.1, 0.15) is 84.3 Å². The Morgan fingerprint density at radius 1 is 0.925 bits per heavy atom. The van der Waals surface area contributed by atoms with Crippen molar-refractivity contribution in [1.29, 1.82) is 0 Å². The Kier molecular flexibility index (Phi) is 12.1. The number of hydrogen-bond acceptors (Lipinski definition) is 4. The number of rotatable bonds is 13. The van der Waals surface area contributed by atoms with Crippen LogP contribution in [-0.4, -0.2) is 47.9 Å². The fourth-order valence-electron chi connectivity index (χ4n) is 5.47. The van der Waals surface area contributed by atoms with Gasteiger partial charge >= 0.3 is 0 Å². The van der Waals surface area contributed by atoms with Crippen LogP contribution in [0, 0.1) is 11.8 Å². The van der Waals surface area contributed by atoms with Gasteiger partial charge in [-0.2, -0.15) is 0 Å². The standard InChI is InChI=1S/C34H51N3O3/c1-25(2)21-31(37(6)23-27-13-9-7-10-14-27)33(39)35-30(32(38)36-34(3,4)5)22-26-17-19-29(20-18-26)40-24-28-15-11-8-12-16-28/h8,11-12,15-20,25,27,30-31H,7,9-10,13-14,21-24H2,1-6H3,(H,35,39)(H,36,38)/t30-,31+/m0/s1. The van der Waals surface area contributed by atoms with Crippen molar-refractivity contribution in [2.24, 2.45) is 11.8 Å². The van der Waals surface area contributed by atoms with Gasteiger partial charge in [-0.05, 0) is 82.2 Å². The van der Waals surface area contributed by atoms with Crippen LogP contribution in [0.2, 0.25) is 0 Å². The summed E-state index contributed by atoms with van der Waals surface area (Å²) >= 11 is 0. The van der Waals surface area contributed by atoms with Gasteiger partial charge in [0.2, 0.25) is 11.8 Å². The monoisotopic (exact) mass is 549 g/mol. The topological polar surface area (TPSA) is 70.7 Å². The predicted octanol–water partition coefficient (Wildman–Crippen LogP) is 6.13. The molecule has 6 heteroatoms.